The Morgan fingerprint density at radius 3 is 2.61 bits per heavy atom. The molecule has 176 valence electrons. The van der Waals surface area contributed by atoms with Gasteiger partial charge in [0, 0.05) is 36.8 Å². The van der Waals surface area contributed by atoms with Gasteiger partial charge in [0.25, 0.3) is 5.91 Å². The average molecular weight is 492 g/mol. The van der Waals surface area contributed by atoms with Gasteiger partial charge in [0.2, 0.25) is 15.9 Å². The lowest BCUT2D eigenvalue weighted by Crippen LogP contribution is -2.35. The van der Waals surface area contributed by atoms with Gasteiger partial charge in [-0.15, -0.1) is 0 Å². The topological polar surface area (TPSA) is 130 Å². The molecule has 2 aromatic carbocycles. The number of anilines is 1. The number of hydrogen-bond donors (Lipinski definition) is 2. The van der Waals surface area contributed by atoms with Gasteiger partial charge in [0.15, 0.2) is 9.84 Å². The minimum atomic E-state index is -3.98. The second-order valence-corrected chi connectivity index (χ2v) is 12.3. The highest BCUT2D eigenvalue weighted by atomic mass is 32.2. The van der Waals surface area contributed by atoms with E-state index >= 15 is 0 Å². The van der Waals surface area contributed by atoms with Gasteiger partial charge in [0.05, 0.1) is 16.4 Å². The second-order valence-electron chi connectivity index (χ2n) is 8.32. The first kappa shape index (κ1) is 23.4. The van der Waals surface area contributed by atoms with Crippen LogP contribution in [0.25, 0.3) is 0 Å². The van der Waals surface area contributed by atoms with Crippen LogP contribution in [0.3, 0.4) is 0 Å². The SMILES string of the molecule is O=C(Nc1cccc(CN2CCCC2=O)c1)c1cccc(S(=O)(=O)NC2CCS(=O)(=O)C2)c1. The third kappa shape index (κ3) is 5.79. The quantitative estimate of drug-likeness (QED) is 0.604. The Morgan fingerprint density at radius 1 is 1.12 bits per heavy atom. The fraction of sp³-hybridized carbons (Fsp3) is 0.364. The fourth-order valence-corrected chi connectivity index (χ4v) is 7.12. The van der Waals surface area contributed by atoms with Crippen LogP contribution in [0.5, 0.6) is 0 Å². The highest BCUT2D eigenvalue weighted by molar-refractivity contribution is 7.92. The predicted octanol–water partition coefficient (Wildman–Crippen LogP) is 1.53. The third-order valence-corrected chi connectivity index (χ3v) is 8.98. The van der Waals surface area contributed by atoms with Gasteiger partial charge < -0.3 is 10.2 Å². The third-order valence-electron chi connectivity index (χ3n) is 5.69. The molecule has 0 bridgehead atoms. The minimum Gasteiger partial charge on any atom is -0.338 e. The predicted molar refractivity (Wildman–Crippen MR) is 123 cm³/mol. The van der Waals surface area contributed by atoms with Crippen LogP contribution in [0.1, 0.15) is 35.2 Å². The van der Waals surface area contributed by atoms with Crippen LogP contribution in [0.4, 0.5) is 5.69 Å². The molecule has 2 fully saturated rings. The number of nitrogens with zero attached hydrogens (tertiary/aromatic N) is 1. The summed E-state index contributed by atoms with van der Waals surface area (Å²) in [6.45, 7) is 1.19. The Balaban J connectivity index is 1.44. The molecule has 2 aromatic rings. The van der Waals surface area contributed by atoms with E-state index in [9.17, 15) is 26.4 Å². The first-order valence-corrected chi connectivity index (χ1v) is 13.9. The molecule has 0 aliphatic carbocycles. The monoisotopic (exact) mass is 491 g/mol. The molecule has 1 atom stereocenters. The Kier molecular flexibility index (Phi) is 6.55. The van der Waals surface area contributed by atoms with Crippen LogP contribution >= 0.6 is 0 Å². The summed E-state index contributed by atoms with van der Waals surface area (Å²) in [7, 11) is -7.21. The lowest BCUT2D eigenvalue weighted by molar-refractivity contribution is -0.128. The number of amides is 2. The zero-order chi connectivity index (χ0) is 23.6. The van der Waals surface area contributed by atoms with E-state index in [-0.39, 0.29) is 34.3 Å². The van der Waals surface area contributed by atoms with E-state index in [1.165, 1.54) is 24.3 Å². The lowest BCUT2D eigenvalue weighted by Gasteiger charge is -2.16. The van der Waals surface area contributed by atoms with Crippen molar-refractivity contribution < 1.29 is 26.4 Å². The molecule has 0 saturated carbocycles. The van der Waals surface area contributed by atoms with Crippen molar-refractivity contribution in [2.45, 2.75) is 36.7 Å². The molecule has 2 aliphatic rings. The smallest absolute Gasteiger partial charge is 0.255 e. The maximum atomic E-state index is 12.8. The van der Waals surface area contributed by atoms with Crippen molar-refractivity contribution in [3.8, 4) is 0 Å². The molecule has 0 radical (unpaired) electrons. The molecule has 9 nitrogen and oxygen atoms in total. The summed E-state index contributed by atoms with van der Waals surface area (Å²) in [6.07, 6.45) is 1.63. The van der Waals surface area contributed by atoms with Crippen LogP contribution in [-0.4, -0.2) is 57.6 Å². The van der Waals surface area contributed by atoms with E-state index in [0.717, 1.165) is 18.5 Å². The van der Waals surface area contributed by atoms with Crippen LogP contribution < -0.4 is 10.0 Å². The zero-order valence-electron chi connectivity index (χ0n) is 17.9. The molecule has 2 amide bonds. The van der Waals surface area contributed by atoms with Crippen molar-refractivity contribution in [1.82, 2.24) is 9.62 Å². The summed E-state index contributed by atoms with van der Waals surface area (Å²) in [5.74, 6) is -0.643. The van der Waals surface area contributed by atoms with E-state index in [1.807, 2.05) is 6.07 Å². The van der Waals surface area contributed by atoms with Gasteiger partial charge in [0.1, 0.15) is 0 Å². The maximum absolute atomic E-state index is 12.8. The summed E-state index contributed by atoms with van der Waals surface area (Å²) in [5, 5.41) is 2.76. The second kappa shape index (κ2) is 9.24. The number of likely N-dealkylation sites (tertiary alicyclic amines) is 1. The number of sulfonamides is 1. The van der Waals surface area contributed by atoms with Crippen molar-refractivity contribution in [2.75, 3.05) is 23.4 Å². The Morgan fingerprint density at radius 2 is 1.91 bits per heavy atom. The molecule has 1 unspecified atom stereocenters. The molecular weight excluding hydrogens is 466 g/mol. The molecular formula is C22H25N3O6S2. The van der Waals surface area contributed by atoms with Crippen LogP contribution in [0, 0.1) is 0 Å². The Labute approximate surface area is 193 Å². The van der Waals surface area contributed by atoms with E-state index in [0.29, 0.717) is 18.7 Å². The summed E-state index contributed by atoms with van der Waals surface area (Å²) < 4.78 is 51.0. The summed E-state index contributed by atoms with van der Waals surface area (Å²) in [5.41, 5.74) is 1.57. The molecule has 33 heavy (non-hydrogen) atoms. The number of carbonyl (C=O) groups is 2. The van der Waals surface area contributed by atoms with Gasteiger partial charge in [-0.05, 0) is 48.7 Å². The number of hydrogen-bond acceptors (Lipinski definition) is 6. The van der Waals surface area contributed by atoms with E-state index in [2.05, 4.69) is 10.0 Å². The van der Waals surface area contributed by atoms with Crippen LogP contribution in [-0.2, 0) is 31.2 Å². The fourth-order valence-electron chi connectivity index (χ4n) is 4.02. The highest BCUT2D eigenvalue weighted by Crippen LogP contribution is 2.20. The Bertz CT molecular complexity index is 1290. The molecule has 11 heteroatoms. The van der Waals surface area contributed by atoms with E-state index in [4.69, 9.17) is 0 Å². The molecule has 2 saturated heterocycles. The summed E-state index contributed by atoms with van der Waals surface area (Å²) in [6, 6.07) is 12.1. The maximum Gasteiger partial charge on any atom is 0.255 e. The number of rotatable bonds is 7. The average Bonchev–Trinajstić information content (AvgIpc) is 3.32. The number of sulfone groups is 1. The van der Waals surface area contributed by atoms with Gasteiger partial charge >= 0.3 is 0 Å². The molecule has 2 aliphatic heterocycles. The molecule has 0 spiro atoms. The largest absolute Gasteiger partial charge is 0.338 e. The molecule has 0 aromatic heterocycles. The minimum absolute atomic E-state index is 0.0480. The number of carbonyl (C=O) groups excluding carboxylic acids is 2. The summed E-state index contributed by atoms with van der Waals surface area (Å²) >= 11 is 0. The first-order valence-electron chi connectivity index (χ1n) is 10.6. The van der Waals surface area contributed by atoms with E-state index in [1.54, 1.807) is 23.1 Å². The first-order chi connectivity index (χ1) is 15.6. The van der Waals surface area contributed by atoms with Crippen molar-refractivity contribution in [3.05, 3.63) is 59.7 Å². The Hall–Kier alpha value is -2.76. The van der Waals surface area contributed by atoms with E-state index < -0.39 is 31.8 Å². The van der Waals surface area contributed by atoms with Gasteiger partial charge in [-0.1, -0.05) is 18.2 Å². The standard InChI is InChI=1S/C22H25N3O6S2/c26-21-8-3-10-25(21)14-16-4-1-6-18(12-16)23-22(27)17-5-2-7-20(13-17)33(30,31)24-19-9-11-32(28,29)15-19/h1-2,4-7,12-13,19,24H,3,8-11,14-15H2,(H,23,27). The van der Waals surface area contributed by atoms with Crippen molar-refractivity contribution >= 4 is 37.4 Å². The number of nitrogens with one attached hydrogen (secondary N) is 2. The van der Waals surface area contributed by atoms with Gasteiger partial charge in [-0.2, -0.15) is 0 Å². The van der Waals surface area contributed by atoms with Crippen LogP contribution in [0.2, 0.25) is 0 Å². The summed E-state index contributed by atoms with van der Waals surface area (Å²) in [4.78, 5) is 26.3. The zero-order valence-corrected chi connectivity index (χ0v) is 19.5. The number of benzene rings is 2. The van der Waals surface area contributed by atoms with Gasteiger partial charge in [-0.25, -0.2) is 21.6 Å². The lowest BCUT2D eigenvalue weighted by atomic mass is 10.1. The molecule has 2 N–H and O–H groups in total. The molecule has 2 heterocycles. The molecule has 4 rings (SSSR count). The highest BCUT2D eigenvalue weighted by Gasteiger charge is 2.31. The van der Waals surface area contributed by atoms with Crippen molar-refractivity contribution in [1.29, 1.82) is 0 Å². The van der Waals surface area contributed by atoms with Crippen LogP contribution in [0.15, 0.2) is 53.4 Å². The van der Waals surface area contributed by atoms with Crippen molar-refractivity contribution in [3.63, 3.8) is 0 Å². The normalized spacial score (nSPS) is 20.2. The van der Waals surface area contributed by atoms with Gasteiger partial charge in [-0.3, -0.25) is 9.59 Å². The van der Waals surface area contributed by atoms with Crippen molar-refractivity contribution in [2.24, 2.45) is 0 Å².